The second-order valence-electron chi connectivity index (χ2n) is 6.03. The van der Waals surface area contributed by atoms with Crippen molar-refractivity contribution in [2.45, 2.75) is 39.8 Å². The minimum Gasteiger partial charge on any atom is -0.314 e. The molecule has 2 aromatic rings. The highest BCUT2D eigenvalue weighted by Gasteiger charge is 2.24. The standard InChI is InChI=1S/C18H25N3S/c1-4-15-5-7-16(8-6-15)17-11-19-9-10-21(17)12-18-13(2)20-14(3)22-18/h5-8,17,19H,4,9-12H2,1-3H3. The van der Waals surface area contributed by atoms with Crippen LogP contribution >= 0.6 is 11.3 Å². The van der Waals surface area contributed by atoms with Crippen molar-refractivity contribution in [1.29, 1.82) is 0 Å². The monoisotopic (exact) mass is 315 g/mol. The number of nitrogens with one attached hydrogen (secondary N) is 1. The summed E-state index contributed by atoms with van der Waals surface area (Å²) in [6, 6.07) is 9.60. The number of aryl methyl sites for hydroxylation is 3. The van der Waals surface area contributed by atoms with E-state index in [1.54, 1.807) is 0 Å². The van der Waals surface area contributed by atoms with E-state index in [0.717, 1.165) is 32.6 Å². The van der Waals surface area contributed by atoms with E-state index in [9.17, 15) is 0 Å². The van der Waals surface area contributed by atoms with E-state index in [1.165, 1.54) is 26.7 Å². The predicted octanol–water partition coefficient (Wildman–Crippen LogP) is 3.47. The molecule has 0 spiro atoms. The van der Waals surface area contributed by atoms with Gasteiger partial charge in [-0.15, -0.1) is 11.3 Å². The molecule has 3 rings (SSSR count). The Hall–Kier alpha value is -1.23. The fourth-order valence-electron chi connectivity index (χ4n) is 3.14. The van der Waals surface area contributed by atoms with Gasteiger partial charge in [0, 0.05) is 37.1 Å². The highest BCUT2D eigenvalue weighted by Crippen LogP contribution is 2.27. The maximum atomic E-state index is 4.57. The Morgan fingerprint density at radius 2 is 2.05 bits per heavy atom. The minimum atomic E-state index is 0.460. The molecule has 1 aliphatic heterocycles. The van der Waals surface area contributed by atoms with Crippen LogP contribution in [0.15, 0.2) is 24.3 Å². The number of hydrogen-bond acceptors (Lipinski definition) is 4. The highest BCUT2D eigenvalue weighted by molar-refractivity contribution is 7.11. The molecule has 3 nitrogen and oxygen atoms in total. The molecule has 1 aliphatic rings. The molecule has 118 valence electrons. The van der Waals surface area contributed by atoms with E-state index < -0.39 is 0 Å². The number of aromatic nitrogens is 1. The second kappa shape index (κ2) is 6.90. The second-order valence-corrected chi connectivity index (χ2v) is 7.31. The lowest BCUT2D eigenvalue weighted by atomic mass is 10.0. The Bertz CT molecular complexity index is 618. The van der Waals surface area contributed by atoms with E-state index in [2.05, 4.69) is 60.2 Å². The lowest BCUT2D eigenvalue weighted by molar-refractivity contribution is 0.155. The predicted molar refractivity (Wildman–Crippen MR) is 93.4 cm³/mol. The van der Waals surface area contributed by atoms with Gasteiger partial charge in [-0.05, 0) is 31.4 Å². The summed E-state index contributed by atoms with van der Waals surface area (Å²) in [5.41, 5.74) is 4.03. The molecule has 1 unspecified atom stereocenters. The molecule has 1 atom stereocenters. The average molecular weight is 315 g/mol. The molecule has 0 bridgehead atoms. The Kier molecular flexibility index (Phi) is 4.91. The molecule has 1 fully saturated rings. The summed E-state index contributed by atoms with van der Waals surface area (Å²) < 4.78 is 0. The zero-order valence-corrected chi connectivity index (χ0v) is 14.5. The molecule has 22 heavy (non-hydrogen) atoms. The van der Waals surface area contributed by atoms with Gasteiger partial charge in [0.1, 0.15) is 0 Å². The quantitative estimate of drug-likeness (QED) is 0.936. The first kappa shape index (κ1) is 15.7. The molecule has 1 saturated heterocycles. The van der Waals surface area contributed by atoms with E-state index in [-0.39, 0.29) is 0 Å². The largest absolute Gasteiger partial charge is 0.314 e. The normalized spacial score (nSPS) is 19.5. The third kappa shape index (κ3) is 3.40. The molecular weight excluding hydrogens is 290 g/mol. The van der Waals surface area contributed by atoms with Crippen molar-refractivity contribution in [3.63, 3.8) is 0 Å². The fourth-order valence-corrected chi connectivity index (χ4v) is 4.11. The van der Waals surface area contributed by atoms with Gasteiger partial charge in [0.25, 0.3) is 0 Å². The maximum absolute atomic E-state index is 4.57. The number of thiazole rings is 1. The van der Waals surface area contributed by atoms with Gasteiger partial charge in [-0.1, -0.05) is 31.2 Å². The van der Waals surface area contributed by atoms with Crippen LogP contribution in [-0.2, 0) is 13.0 Å². The average Bonchev–Trinajstić information content (AvgIpc) is 2.86. The zero-order valence-electron chi connectivity index (χ0n) is 13.7. The van der Waals surface area contributed by atoms with Gasteiger partial charge in [-0.3, -0.25) is 4.90 Å². The van der Waals surface area contributed by atoms with Gasteiger partial charge in [-0.25, -0.2) is 4.98 Å². The molecular formula is C18H25N3S. The van der Waals surface area contributed by atoms with E-state index in [1.807, 2.05) is 11.3 Å². The molecule has 0 amide bonds. The highest BCUT2D eigenvalue weighted by atomic mass is 32.1. The first-order chi connectivity index (χ1) is 10.7. The van der Waals surface area contributed by atoms with Crippen LogP contribution in [0.2, 0.25) is 0 Å². The molecule has 0 saturated carbocycles. The van der Waals surface area contributed by atoms with Crippen molar-refractivity contribution in [2.75, 3.05) is 19.6 Å². The third-order valence-corrected chi connectivity index (χ3v) is 5.53. The Balaban J connectivity index is 1.79. The lowest BCUT2D eigenvalue weighted by Crippen LogP contribution is -2.45. The van der Waals surface area contributed by atoms with Crippen LogP contribution in [0.25, 0.3) is 0 Å². The number of hydrogen-bond donors (Lipinski definition) is 1. The number of nitrogens with zero attached hydrogens (tertiary/aromatic N) is 2. The lowest BCUT2D eigenvalue weighted by Gasteiger charge is -2.36. The van der Waals surface area contributed by atoms with Crippen LogP contribution < -0.4 is 5.32 Å². The van der Waals surface area contributed by atoms with Crippen LogP contribution in [-0.4, -0.2) is 29.5 Å². The van der Waals surface area contributed by atoms with E-state index in [0.29, 0.717) is 6.04 Å². The summed E-state index contributed by atoms with van der Waals surface area (Å²) in [4.78, 5) is 8.58. The van der Waals surface area contributed by atoms with Crippen molar-refractivity contribution in [1.82, 2.24) is 15.2 Å². The molecule has 4 heteroatoms. The molecule has 1 aromatic carbocycles. The number of piperazine rings is 1. The van der Waals surface area contributed by atoms with Gasteiger partial charge in [0.15, 0.2) is 0 Å². The summed E-state index contributed by atoms with van der Waals surface area (Å²) in [7, 11) is 0. The fraction of sp³-hybridized carbons (Fsp3) is 0.500. The van der Waals surface area contributed by atoms with Gasteiger partial charge >= 0.3 is 0 Å². The smallest absolute Gasteiger partial charge is 0.0900 e. The van der Waals surface area contributed by atoms with Crippen LogP contribution in [0.3, 0.4) is 0 Å². The summed E-state index contributed by atoms with van der Waals surface area (Å²) >= 11 is 1.84. The summed E-state index contributed by atoms with van der Waals surface area (Å²) in [6.07, 6.45) is 1.10. The van der Waals surface area contributed by atoms with Crippen LogP contribution in [0.4, 0.5) is 0 Å². The van der Waals surface area contributed by atoms with Crippen molar-refractivity contribution >= 4 is 11.3 Å². The third-order valence-electron chi connectivity index (χ3n) is 4.47. The SMILES string of the molecule is CCc1ccc(C2CNCCN2Cc2sc(C)nc2C)cc1. The van der Waals surface area contributed by atoms with E-state index >= 15 is 0 Å². The van der Waals surface area contributed by atoms with Gasteiger partial charge in [0.2, 0.25) is 0 Å². The van der Waals surface area contributed by atoms with Crippen molar-refractivity contribution in [3.8, 4) is 0 Å². The molecule has 0 radical (unpaired) electrons. The minimum absolute atomic E-state index is 0.460. The van der Waals surface area contributed by atoms with Crippen molar-refractivity contribution in [2.24, 2.45) is 0 Å². The van der Waals surface area contributed by atoms with Crippen LogP contribution in [0, 0.1) is 13.8 Å². The Labute approximate surface area is 137 Å². The van der Waals surface area contributed by atoms with Gasteiger partial charge in [0.05, 0.1) is 10.7 Å². The summed E-state index contributed by atoms with van der Waals surface area (Å²) in [6.45, 7) is 10.6. The molecule has 1 N–H and O–H groups in total. The molecule has 1 aromatic heterocycles. The summed E-state index contributed by atoms with van der Waals surface area (Å²) in [5, 5.41) is 4.72. The first-order valence-corrected chi connectivity index (χ1v) is 8.95. The van der Waals surface area contributed by atoms with Crippen LogP contribution in [0.5, 0.6) is 0 Å². The van der Waals surface area contributed by atoms with E-state index in [4.69, 9.17) is 0 Å². The Morgan fingerprint density at radius 3 is 2.68 bits per heavy atom. The Morgan fingerprint density at radius 1 is 1.27 bits per heavy atom. The van der Waals surface area contributed by atoms with Gasteiger partial charge in [-0.2, -0.15) is 0 Å². The zero-order chi connectivity index (χ0) is 15.5. The first-order valence-electron chi connectivity index (χ1n) is 8.14. The van der Waals surface area contributed by atoms with Crippen molar-refractivity contribution in [3.05, 3.63) is 51.0 Å². The van der Waals surface area contributed by atoms with Crippen LogP contribution in [0.1, 0.15) is 39.7 Å². The van der Waals surface area contributed by atoms with Gasteiger partial charge < -0.3 is 5.32 Å². The summed E-state index contributed by atoms with van der Waals surface area (Å²) in [5.74, 6) is 0. The maximum Gasteiger partial charge on any atom is 0.0900 e. The number of rotatable bonds is 4. The molecule has 0 aliphatic carbocycles. The topological polar surface area (TPSA) is 28.2 Å². The van der Waals surface area contributed by atoms with Crippen molar-refractivity contribution < 1.29 is 0 Å². The number of benzene rings is 1. The molecule has 2 heterocycles.